The fourth-order valence-corrected chi connectivity index (χ4v) is 4.51. The number of hydrogen-bond acceptors (Lipinski definition) is 4. The minimum Gasteiger partial charge on any atom is -0.465 e. The molecule has 24 heavy (non-hydrogen) atoms. The Morgan fingerprint density at radius 1 is 1.17 bits per heavy atom. The molecule has 0 saturated heterocycles. The Morgan fingerprint density at radius 3 is 2.21 bits per heavy atom. The van der Waals surface area contributed by atoms with E-state index in [-0.39, 0.29) is 11.5 Å². The van der Waals surface area contributed by atoms with Gasteiger partial charge in [-0.25, -0.2) is 0 Å². The molecule has 1 aliphatic rings. The SMILES string of the molecule is CCOC(=O)C1(c2ccccc2)CC1(COC)N(C(C)C)C(C)C. The fourth-order valence-electron chi connectivity index (χ4n) is 4.51. The number of methoxy groups -OCH3 is 1. The van der Waals surface area contributed by atoms with Gasteiger partial charge in [-0.05, 0) is 46.6 Å². The highest BCUT2D eigenvalue weighted by molar-refractivity contribution is 5.90. The van der Waals surface area contributed by atoms with E-state index in [0.717, 1.165) is 12.0 Å². The maximum Gasteiger partial charge on any atom is 0.318 e. The Balaban J connectivity index is 2.57. The van der Waals surface area contributed by atoms with E-state index in [1.54, 1.807) is 7.11 Å². The van der Waals surface area contributed by atoms with E-state index in [1.807, 2.05) is 37.3 Å². The summed E-state index contributed by atoms with van der Waals surface area (Å²) in [4.78, 5) is 15.5. The van der Waals surface area contributed by atoms with Gasteiger partial charge in [0.2, 0.25) is 0 Å². The van der Waals surface area contributed by atoms with Crippen molar-refractivity contribution in [2.75, 3.05) is 20.3 Å². The summed E-state index contributed by atoms with van der Waals surface area (Å²) in [6.07, 6.45) is 0.729. The van der Waals surface area contributed by atoms with Gasteiger partial charge in [-0.3, -0.25) is 9.69 Å². The molecule has 1 aromatic rings. The van der Waals surface area contributed by atoms with E-state index in [4.69, 9.17) is 9.47 Å². The fraction of sp³-hybridized carbons (Fsp3) is 0.650. The third kappa shape index (κ3) is 2.86. The van der Waals surface area contributed by atoms with Crippen molar-refractivity contribution in [1.29, 1.82) is 0 Å². The smallest absolute Gasteiger partial charge is 0.318 e. The average Bonchev–Trinajstić information content (AvgIpc) is 3.18. The van der Waals surface area contributed by atoms with Crippen molar-refractivity contribution in [2.45, 2.75) is 64.1 Å². The second kappa shape index (κ2) is 7.24. The molecule has 134 valence electrons. The van der Waals surface area contributed by atoms with Gasteiger partial charge in [0.15, 0.2) is 0 Å². The van der Waals surface area contributed by atoms with Gasteiger partial charge in [0, 0.05) is 19.2 Å². The lowest BCUT2D eigenvalue weighted by atomic mass is 9.88. The lowest BCUT2D eigenvalue weighted by Crippen LogP contribution is -2.55. The minimum atomic E-state index is -0.658. The first-order valence-electron chi connectivity index (χ1n) is 8.87. The van der Waals surface area contributed by atoms with Crippen molar-refractivity contribution in [2.24, 2.45) is 0 Å². The number of nitrogens with zero attached hydrogens (tertiary/aromatic N) is 1. The lowest BCUT2D eigenvalue weighted by molar-refractivity contribution is -0.148. The van der Waals surface area contributed by atoms with Gasteiger partial charge in [0.25, 0.3) is 0 Å². The zero-order valence-electron chi connectivity index (χ0n) is 15.8. The van der Waals surface area contributed by atoms with E-state index in [1.165, 1.54) is 0 Å². The van der Waals surface area contributed by atoms with E-state index < -0.39 is 5.41 Å². The zero-order valence-corrected chi connectivity index (χ0v) is 15.8. The topological polar surface area (TPSA) is 38.8 Å². The van der Waals surface area contributed by atoms with E-state index in [2.05, 4.69) is 32.6 Å². The highest BCUT2D eigenvalue weighted by Crippen LogP contribution is 2.63. The van der Waals surface area contributed by atoms with E-state index in [9.17, 15) is 4.79 Å². The molecule has 0 bridgehead atoms. The number of rotatable bonds is 8. The third-order valence-corrected chi connectivity index (χ3v) is 5.11. The first-order valence-corrected chi connectivity index (χ1v) is 8.87. The standard InChI is InChI=1S/C20H31NO3/c1-7-24-18(22)20(17-11-9-8-10-12-17)13-19(20,14-23-6)21(15(2)3)16(4)5/h8-12,15-16H,7,13-14H2,1-6H3. The van der Waals surface area contributed by atoms with E-state index >= 15 is 0 Å². The molecular weight excluding hydrogens is 302 g/mol. The van der Waals surface area contributed by atoms with Crippen LogP contribution in [0.25, 0.3) is 0 Å². The maximum atomic E-state index is 13.1. The van der Waals surface area contributed by atoms with Gasteiger partial charge in [0.1, 0.15) is 5.41 Å². The summed E-state index contributed by atoms with van der Waals surface area (Å²) in [6, 6.07) is 10.6. The van der Waals surface area contributed by atoms with Crippen LogP contribution in [-0.2, 0) is 19.7 Å². The number of esters is 1. The van der Waals surface area contributed by atoms with Crippen LogP contribution in [-0.4, -0.2) is 48.8 Å². The van der Waals surface area contributed by atoms with Gasteiger partial charge in [-0.1, -0.05) is 30.3 Å². The molecule has 0 aliphatic heterocycles. The summed E-state index contributed by atoms with van der Waals surface area (Å²) in [5, 5.41) is 0. The molecule has 0 aromatic heterocycles. The minimum absolute atomic E-state index is 0.139. The predicted octanol–water partition coefficient (Wildman–Crippen LogP) is 3.40. The van der Waals surface area contributed by atoms with Gasteiger partial charge in [-0.15, -0.1) is 0 Å². The monoisotopic (exact) mass is 333 g/mol. The van der Waals surface area contributed by atoms with Crippen LogP contribution >= 0.6 is 0 Å². The summed E-state index contributed by atoms with van der Waals surface area (Å²) < 4.78 is 11.1. The first kappa shape index (κ1) is 18.9. The van der Waals surface area contributed by atoms with Crippen LogP contribution < -0.4 is 0 Å². The molecule has 2 unspecified atom stereocenters. The van der Waals surface area contributed by atoms with Crippen LogP contribution in [0.2, 0.25) is 0 Å². The van der Waals surface area contributed by atoms with Gasteiger partial charge in [-0.2, -0.15) is 0 Å². The molecule has 1 aromatic carbocycles. The Bertz CT molecular complexity index is 549. The van der Waals surface area contributed by atoms with Crippen molar-refractivity contribution >= 4 is 5.97 Å². The number of benzene rings is 1. The number of ether oxygens (including phenoxy) is 2. The molecule has 1 saturated carbocycles. The maximum absolute atomic E-state index is 13.1. The van der Waals surface area contributed by atoms with Crippen molar-refractivity contribution in [1.82, 2.24) is 4.90 Å². The average molecular weight is 333 g/mol. The zero-order chi connectivity index (χ0) is 18.0. The summed E-state index contributed by atoms with van der Waals surface area (Å²) in [5.74, 6) is -0.139. The molecule has 1 fully saturated rings. The van der Waals surface area contributed by atoms with Crippen LogP contribution in [0.1, 0.15) is 46.6 Å². The van der Waals surface area contributed by atoms with Crippen LogP contribution in [0.3, 0.4) is 0 Å². The molecule has 0 amide bonds. The predicted molar refractivity (Wildman–Crippen MR) is 96.1 cm³/mol. The number of carbonyl (C=O) groups is 1. The molecule has 2 rings (SSSR count). The van der Waals surface area contributed by atoms with Crippen molar-refractivity contribution in [3.05, 3.63) is 35.9 Å². The van der Waals surface area contributed by atoms with Gasteiger partial charge >= 0.3 is 5.97 Å². The van der Waals surface area contributed by atoms with Gasteiger partial charge in [0.05, 0.1) is 18.8 Å². The number of hydrogen-bond donors (Lipinski definition) is 0. The lowest BCUT2D eigenvalue weighted by Gasteiger charge is -2.41. The molecule has 0 radical (unpaired) electrons. The normalized spacial score (nSPS) is 26.2. The quantitative estimate of drug-likeness (QED) is 0.684. The summed E-state index contributed by atoms with van der Waals surface area (Å²) >= 11 is 0. The second-order valence-corrected chi connectivity index (χ2v) is 7.23. The highest BCUT2D eigenvalue weighted by atomic mass is 16.5. The van der Waals surface area contributed by atoms with Gasteiger partial charge < -0.3 is 9.47 Å². The Hall–Kier alpha value is -1.39. The molecule has 4 heteroatoms. The van der Waals surface area contributed by atoms with Crippen LogP contribution in [0.4, 0.5) is 0 Å². The van der Waals surface area contributed by atoms with Crippen LogP contribution in [0, 0.1) is 0 Å². The van der Waals surface area contributed by atoms with Crippen LogP contribution in [0.15, 0.2) is 30.3 Å². The molecule has 0 spiro atoms. The third-order valence-electron chi connectivity index (χ3n) is 5.11. The van der Waals surface area contributed by atoms with E-state index in [0.29, 0.717) is 25.3 Å². The molecule has 1 aliphatic carbocycles. The van der Waals surface area contributed by atoms with Crippen molar-refractivity contribution in [3.8, 4) is 0 Å². The van der Waals surface area contributed by atoms with Crippen molar-refractivity contribution in [3.63, 3.8) is 0 Å². The molecule has 2 atom stereocenters. The Morgan fingerprint density at radius 2 is 1.75 bits per heavy atom. The second-order valence-electron chi connectivity index (χ2n) is 7.23. The number of carbonyl (C=O) groups excluding carboxylic acids is 1. The molecule has 0 N–H and O–H groups in total. The molecule has 4 nitrogen and oxygen atoms in total. The van der Waals surface area contributed by atoms with Crippen molar-refractivity contribution < 1.29 is 14.3 Å². The highest BCUT2D eigenvalue weighted by Gasteiger charge is 2.76. The molecular formula is C20H31NO3. The van der Waals surface area contributed by atoms with Crippen LogP contribution in [0.5, 0.6) is 0 Å². The summed E-state index contributed by atoms with van der Waals surface area (Å²) in [5.41, 5.74) is -0.00113. The summed E-state index contributed by atoms with van der Waals surface area (Å²) in [6.45, 7) is 11.5. The largest absolute Gasteiger partial charge is 0.465 e. The Kier molecular flexibility index (Phi) is 5.71. The summed E-state index contributed by atoms with van der Waals surface area (Å²) in [7, 11) is 1.71. The molecule has 0 heterocycles. The Labute approximate surface area is 146 Å². The first-order chi connectivity index (χ1) is 11.4.